The maximum atomic E-state index is 12.0. The highest BCUT2D eigenvalue weighted by atomic mass is 16.2. The van der Waals surface area contributed by atoms with Gasteiger partial charge in [-0.25, -0.2) is 0 Å². The number of anilines is 1. The van der Waals surface area contributed by atoms with Gasteiger partial charge >= 0.3 is 0 Å². The summed E-state index contributed by atoms with van der Waals surface area (Å²) in [5.74, 6) is -0.262. The van der Waals surface area contributed by atoms with Crippen LogP contribution in [0.2, 0.25) is 0 Å². The van der Waals surface area contributed by atoms with Gasteiger partial charge in [0.15, 0.2) is 0 Å². The van der Waals surface area contributed by atoms with Crippen LogP contribution in [-0.2, 0) is 4.79 Å². The average Bonchev–Trinajstić information content (AvgIpc) is 2.43. The molecular formula is C16H19N3O2. The predicted octanol–water partition coefficient (Wildman–Crippen LogP) is 1.46. The van der Waals surface area contributed by atoms with Crippen molar-refractivity contribution in [1.29, 1.82) is 0 Å². The van der Waals surface area contributed by atoms with E-state index in [1.807, 2.05) is 6.92 Å². The number of amides is 2. The fraction of sp³-hybridized carbons (Fsp3) is 0.250. The van der Waals surface area contributed by atoms with E-state index in [-0.39, 0.29) is 11.8 Å². The molecule has 2 amide bonds. The number of carbonyl (C=O) groups is 2. The topological polar surface area (TPSA) is 70.2 Å². The van der Waals surface area contributed by atoms with Crippen molar-refractivity contribution in [1.82, 2.24) is 10.6 Å². The molecule has 0 bridgehead atoms. The lowest BCUT2D eigenvalue weighted by molar-refractivity contribution is -0.112. The van der Waals surface area contributed by atoms with E-state index in [9.17, 15) is 9.59 Å². The molecule has 5 heteroatoms. The lowest BCUT2D eigenvalue weighted by atomic mass is 10.0. The van der Waals surface area contributed by atoms with Crippen LogP contribution in [0.4, 0.5) is 5.69 Å². The van der Waals surface area contributed by atoms with Gasteiger partial charge in [0.05, 0.1) is 0 Å². The smallest absolute Gasteiger partial charge is 0.251 e. The zero-order valence-corrected chi connectivity index (χ0v) is 12.0. The van der Waals surface area contributed by atoms with E-state index in [4.69, 9.17) is 0 Å². The second-order valence-electron chi connectivity index (χ2n) is 4.86. The van der Waals surface area contributed by atoms with Crippen LogP contribution in [0.25, 0.3) is 0 Å². The van der Waals surface area contributed by atoms with Gasteiger partial charge in [0.1, 0.15) is 0 Å². The molecule has 0 atom stereocenters. The zero-order chi connectivity index (χ0) is 15.2. The van der Waals surface area contributed by atoms with Crippen molar-refractivity contribution in [2.75, 3.05) is 25.0 Å². The highest BCUT2D eigenvalue weighted by molar-refractivity contribution is 6.04. The third-order valence-corrected chi connectivity index (χ3v) is 3.36. The molecule has 0 unspecified atom stereocenters. The molecule has 1 heterocycles. The maximum absolute atomic E-state index is 12.0. The van der Waals surface area contributed by atoms with Gasteiger partial charge in [0.2, 0.25) is 0 Å². The van der Waals surface area contributed by atoms with Crippen LogP contribution >= 0.6 is 0 Å². The van der Waals surface area contributed by atoms with Crippen molar-refractivity contribution in [2.45, 2.75) is 6.92 Å². The van der Waals surface area contributed by atoms with E-state index in [2.05, 4.69) is 22.5 Å². The van der Waals surface area contributed by atoms with Crippen molar-refractivity contribution >= 4 is 17.5 Å². The van der Waals surface area contributed by atoms with E-state index in [0.29, 0.717) is 17.8 Å². The summed E-state index contributed by atoms with van der Waals surface area (Å²) in [7, 11) is 0. The Bertz CT molecular complexity index is 582. The van der Waals surface area contributed by atoms with Gasteiger partial charge in [0, 0.05) is 36.5 Å². The number of nitrogens with one attached hydrogen (secondary N) is 3. The van der Waals surface area contributed by atoms with Gasteiger partial charge in [-0.15, -0.1) is 6.58 Å². The van der Waals surface area contributed by atoms with Gasteiger partial charge in [-0.3, -0.25) is 9.59 Å². The van der Waals surface area contributed by atoms with Crippen molar-refractivity contribution in [3.63, 3.8) is 0 Å². The summed E-state index contributed by atoms with van der Waals surface area (Å²) < 4.78 is 0. The normalized spacial score (nSPS) is 13.1. The molecule has 1 fully saturated rings. The van der Waals surface area contributed by atoms with Gasteiger partial charge < -0.3 is 16.0 Å². The molecular weight excluding hydrogens is 266 g/mol. The Balaban J connectivity index is 1.97. The van der Waals surface area contributed by atoms with Gasteiger partial charge in [0.25, 0.3) is 11.8 Å². The van der Waals surface area contributed by atoms with Crippen LogP contribution in [0, 0.1) is 0 Å². The quantitative estimate of drug-likeness (QED) is 0.566. The third-order valence-electron chi connectivity index (χ3n) is 3.36. The first kappa shape index (κ1) is 15.0. The maximum Gasteiger partial charge on any atom is 0.251 e. The monoisotopic (exact) mass is 285 g/mol. The summed E-state index contributed by atoms with van der Waals surface area (Å²) >= 11 is 0. The molecule has 2 rings (SSSR count). The lowest BCUT2D eigenvalue weighted by Gasteiger charge is -2.21. The first-order valence-corrected chi connectivity index (χ1v) is 6.81. The highest BCUT2D eigenvalue weighted by Gasteiger charge is 2.16. The number of hydrogen-bond acceptors (Lipinski definition) is 3. The van der Waals surface area contributed by atoms with E-state index in [0.717, 1.165) is 24.2 Å². The molecule has 0 saturated carbocycles. The van der Waals surface area contributed by atoms with Gasteiger partial charge in [-0.2, -0.15) is 0 Å². The van der Waals surface area contributed by atoms with E-state index in [1.54, 1.807) is 30.3 Å². The Labute approximate surface area is 124 Å². The Morgan fingerprint density at radius 1 is 1.29 bits per heavy atom. The molecule has 1 saturated heterocycles. The largest absolute Gasteiger partial charge is 0.349 e. The van der Waals surface area contributed by atoms with Crippen molar-refractivity contribution in [2.24, 2.45) is 0 Å². The number of hydrogen-bond donors (Lipinski definition) is 3. The number of benzene rings is 1. The van der Waals surface area contributed by atoms with E-state index < -0.39 is 0 Å². The van der Waals surface area contributed by atoms with Crippen LogP contribution in [0.5, 0.6) is 0 Å². The van der Waals surface area contributed by atoms with Gasteiger partial charge in [-0.05, 0) is 36.8 Å². The fourth-order valence-corrected chi connectivity index (χ4v) is 1.87. The Morgan fingerprint density at radius 2 is 1.95 bits per heavy atom. The minimum Gasteiger partial charge on any atom is -0.349 e. The molecule has 0 aromatic heterocycles. The first-order chi connectivity index (χ1) is 10.1. The van der Waals surface area contributed by atoms with Crippen molar-refractivity contribution < 1.29 is 9.59 Å². The second-order valence-corrected chi connectivity index (χ2v) is 4.86. The molecule has 1 aromatic rings. The predicted molar refractivity (Wildman–Crippen MR) is 83.2 cm³/mol. The second kappa shape index (κ2) is 6.85. The number of carbonyl (C=O) groups excluding carboxylic acids is 2. The fourth-order valence-electron chi connectivity index (χ4n) is 1.87. The third kappa shape index (κ3) is 3.79. The summed E-state index contributed by atoms with van der Waals surface area (Å²) in [5.41, 5.74) is 3.11. The summed E-state index contributed by atoms with van der Waals surface area (Å²) in [6, 6.07) is 6.80. The standard InChI is InChI=1S/C16H19N3O2/c1-3-8-18-16(21)12-4-6-14(7-5-12)19-15(20)11(2)13-9-17-10-13/h3-7,17H,1,8-10H2,2H3,(H,18,21)(H,19,20). The van der Waals surface area contributed by atoms with Crippen molar-refractivity contribution in [3.05, 3.63) is 53.6 Å². The summed E-state index contributed by atoms with van der Waals surface area (Å²) in [6.07, 6.45) is 1.62. The molecule has 0 aliphatic carbocycles. The highest BCUT2D eigenvalue weighted by Crippen LogP contribution is 2.14. The van der Waals surface area contributed by atoms with Crippen LogP contribution < -0.4 is 16.0 Å². The van der Waals surface area contributed by atoms with E-state index >= 15 is 0 Å². The van der Waals surface area contributed by atoms with Crippen molar-refractivity contribution in [3.8, 4) is 0 Å². The molecule has 3 N–H and O–H groups in total. The van der Waals surface area contributed by atoms with Crippen LogP contribution in [0.15, 0.2) is 48.1 Å². The minimum atomic E-state index is -0.161. The Kier molecular flexibility index (Phi) is 4.90. The molecule has 21 heavy (non-hydrogen) atoms. The molecule has 110 valence electrons. The summed E-state index contributed by atoms with van der Waals surface area (Å²) in [6.45, 7) is 7.35. The number of rotatable bonds is 5. The molecule has 1 aromatic carbocycles. The minimum absolute atomic E-state index is 0.102. The Morgan fingerprint density at radius 3 is 2.48 bits per heavy atom. The summed E-state index contributed by atoms with van der Waals surface area (Å²) in [5, 5.41) is 8.63. The van der Waals surface area contributed by atoms with Crippen LogP contribution in [0.3, 0.4) is 0 Å². The first-order valence-electron chi connectivity index (χ1n) is 6.81. The molecule has 0 radical (unpaired) electrons. The molecule has 0 spiro atoms. The SMILES string of the molecule is C=CCNC(=O)c1ccc(NC(=O)C(C)=C2CNC2)cc1. The summed E-state index contributed by atoms with van der Waals surface area (Å²) in [4.78, 5) is 23.7. The zero-order valence-electron chi connectivity index (χ0n) is 12.0. The van der Waals surface area contributed by atoms with Crippen LogP contribution in [0.1, 0.15) is 17.3 Å². The molecule has 1 aliphatic rings. The van der Waals surface area contributed by atoms with E-state index in [1.165, 1.54) is 0 Å². The van der Waals surface area contributed by atoms with Crippen LogP contribution in [-0.4, -0.2) is 31.4 Å². The van der Waals surface area contributed by atoms with Gasteiger partial charge in [-0.1, -0.05) is 6.08 Å². The molecule has 1 aliphatic heterocycles. The molecule has 5 nitrogen and oxygen atoms in total. The Hall–Kier alpha value is -2.40. The average molecular weight is 285 g/mol. The lowest BCUT2D eigenvalue weighted by Crippen LogP contribution is -2.36.